The zero-order valence-electron chi connectivity index (χ0n) is 18.8. The number of hydrogen-bond donors (Lipinski definition) is 4. The van der Waals surface area contributed by atoms with Gasteiger partial charge >= 0.3 is 6.18 Å². The molecule has 0 aliphatic carbocycles. The van der Waals surface area contributed by atoms with Gasteiger partial charge in [0.1, 0.15) is 11.5 Å². The van der Waals surface area contributed by atoms with Gasteiger partial charge in [0.05, 0.1) is 29.0 Å². The number of pyridine rings is 1. The van der Waals surface area contributed by atoms with Crippen molar-refractivity contribution in [3.8, 4) is 0 Å². The molecule has 1 amide bonds. The van der Waals surface area contributed by atoms with Gasteiger partial charge in [0.25, 0.3) is 5.91 Å². The second-order valence-corrected chi connectivity index (χ2v) is 7.33. The predicted molar refractivity (Wildman–Crippen MR) is 131 cm³/mol. The van der Waals surface area contributed by atoms with Crippen LogP contribution >= 0.6 is 0 Å². The zero-order chi connectivity index (χ0) is 26.1. The van der Waals surface area contributed by atoms with E-state index in [1.165, 1.54) is 24.5 Å². The monoisotopic (exact) mass is 499 g/mol. The number of anilines is 1. The van der Waals surface area contributed by atoms with Crippen molar-refractivity contribution in [3.05, 3.63) is 83.8 Å². The fourth-order valence-corrected chi connectivity index (χ4v) is 3.03. The van der Waals surface area contributed by atoms with E-state index in [1.807, 2.05) is 0 Å². The van der Waals surface area contributed by atoms with E-state index in [1.54, 1.807) is 37.3 Å². The number of nitrogens with one attached hydrogen (secondary N) is 4. The number of allylic oxidation sites excluding steroid dienone is 5. The molecule has 1 aromatic heterocycles. The second kappa shape index (κ2) is 11.7. The number of nitrogens with zero attached hydrogens (tertiary/aromatic N) is 3. The molecule has 186 valence electrons. The molecule has 0 bridgehead atoms. The summed E-state index contributed by atoms with van der Waals surface area (Å²) in [5, 5.41) is 16.1. The van der Waals surface area contributed by atoms with Crippen molar-refractivity contribution in [1.29, 1.82) is 5.41 Å². The highest BCUT2D eigenvalue weighted by Gasteiger charge is 2.38. The van der Waals surface area contributed by atoms with E-state index in [0.29, 0.717) is 10.9 Å². The number of hydrazone groups is 1. The molecule has 1 aliphatic heterocycles. The van der Waals surface area contributed by atoms with Crippen LogP contribution in [0.3, 0.4) is 0 Å². The van der Waals surface area contributed by atoms with Crippen molar-refractivity contribution in [3.63, 3.8) is 0 Å². The molecule has 0 radical (unpaired) electrons. The summed E-state index contributed by atoms with van der Waals surface area (Å²) in [6.07, 6.45) is 4.15. The molecule has 0 saturated carbocycles. The van der Waals surface area contributed by atoms with Gasteiger partial charge < -0.3 is 16.0 Å². The van der Waals surface area contributed by atoms with E-state index in [-0.39, 0.29) is 17.6 Å². The average molecular weight is 499 g/mol. The highest BCUT2D eigenvalue weighted by molar-refractivity contribution is 6.14. The van der Waals surface area contributed by atoms with Gasteiger partial charge in [-0.3, -0.25) is 20.2 Å². The topological polar surface area (TPSA) is 115 Å². The average Bonchev–Trinajstić information content (AvgIpc) is 2.83. The van der Waals surface area contributed by atoms with E-state index in [4.69, 9.17) is 5.41 Å². The maximum absolute atomic E-state index is 14.2. The fraction of sp³-hybridized carbons (Fsp3) is 0.125. The van der Waals surface area contributed by atoms with Crippen molar-refractivity contribution in [2.24, 2.45) is 10.1 Å². The number of halogens is 4. The Labute approximate surface area is 203 Å². The minimum Gasteiger partial charge on any atom is -0.350 e. The first kappa shape index (κ1) is 26.0. The maximum Gasteiger partial charge on any atom is 0.432 e. The van der Waals surface area contributed by atoms with Crippen LogP contribution in [0.2, 0.25) is 0 Å². The Balaban J connectivity index is 2.01. The van der Waals surface area contributed by atoms with Crippen LogP contribution in [0.4, 0.5) is 23.2 Å². The molecule has 2 aromatic rings. The Morgan fingerprint density at radius 2 is 2.00 bits per heavy atom. The summed E-state index contributed by atoms with van der Waals surface area (Å²) in [5.74, 6) is -2.18. The first-order valence-corrected chi connectivity index (χ1v) is 10.5. The molecule has 2 heterocycles. The van der Waals surface area contributed by atoms with Crippen molar-refractivity contribution in [1.82, 2.24) is 15.7 Å². The van der Waals surface area contributed by atoms with Gasteiger partial charge in [-0.1, -0.05) is 12.1 Å². The highest BCUT2D eigenvalue weighted by Crippen LogP contribution is 2.32. The second-order valence-electron chi connectivity index (χ2n) is 7.33. The van der Waals surface area contributed by atoms with Crippen LogP contribution in [0.1, 0.15) is 6.92 Å². The Morgan fingerprint density at radius 1 is 1.19 bits per heavy atom. The molecule has 1 unspecified atom stereocenters. The van der Waals surface area contributed by atoms with Crippen molar-refractivity contribution >= 4 is 41.1 Å². The number of aromatic nitrogens is 1. The van der Waals surface area contributed by atoms with Gasteiger partial charge in [-0.15, -0.1) is 0 Å². The summed E-state index contributed by atoms with van der Waals surface area (Å²) < 4.78 is 56.3. The number of alkyl halides is 3. The van der Waals surface area contributed by atoms with E-state index < -0.39 is 35.2 Å². The molecule has 1 aliphatic rings. The Hall–Kier alpha value is -4.61. The molecule has 4 N–H and O–H groups in total. The van der Waals surface area contributed by atoms with Gasteiger partial charge in [0, 0.05) is 42.0 Å². The highest BCUT2D eigenvalue weighted by atomic mass is 19.4. The number of benzene rings is 1. The summed E-state index contributed by atoms with van der Waals surface area (Å²) in [6, 6.07) is 7.23. The summed E-state index contributed by atoms with van der Waals surface area (Å²) in [4.78, 5) is 21.1. The minimum atomic E-state index is -5.03. The molecule has 0 spiro atoms. The summed E-state index contributed by atoms with van der Waals surface area (Å²) in [6.45, 7) is 1.69. The van der Waals surface area contributed by atoms with E-state index >= 15 is 0 Å². The largest absolute Gasteiger partial charge is 0.432 e. The van der Waals surface area contributed by atoms with Crippen LogP contribution in [-0.2, 0) is 4.79 Å². The lowest BCUT2D eigenvalue weighted by Gasteiger charge is -2.18. The zero-order valence-corrected chi connectivity index (χ0v) is 18.8. The third-order valence-electron chi connectivity index (χ3n) is 4.67. The molecule has 12 heteroatoms. The van der Waals surface area contributed by atoms with Crippen molar-refractivity contribution < 1.29 is 22.4 Å². The predicted octanol–water partition coefficient (Wildman–Crippen LogP) is 4.53. The number of fused-ring (bicyclic) bond motifs is 1. The van der Waals surface area contributed by atoms with Crippen LogP contribution < -0.4 is 16.1 Å². The quantitative estimate of drug-likeness (QED) is 0.275. The Bertz CT molecular complexity index is 1320. The summed E-state index contributed by atoms with van der Waals surface area (Å²) in [7, 11) is 0. The number of amides is 1. The molecule has 1 aromatic carbocycles. The van der Waals surface area contributed by atoms with Crippen LogP contribution in [-0.4, -0.2) is 41.8 Å². The molecule has 36 heavy (non-hydrogen) atoms. The first-order valence-electron chi connectivity index (χ1n) is 10.5. The van der Waals surface area contributed by atoms with E-state index in [2.05, 4.69) is 31.1 Å². The molecule has 0 saturated heterocycles. The summed E-state index contributed by atoms with van der Waals surface area (Å²) in [5.41, 5.74) is 0.0578. The van der Waals surface area contributed by atoms with E-state index in [0.717, 1.165) is 18.5 Å². The minimum absolute atomic E-state index is 0.0353. The van der Waals surface area contributed by atoms with Gasteiger partial charge in [-0.2, -0.15) is 18.3 Å². The number of hydrogen-bond acceptors (Lipinski definition) is 7. The number of carbonyl (C=O) groups is 1. The van der Waals surface area contributed by atoms with Crippen molar-refractivity contribution in [2.45, 2.75) is 19.1 Å². The van der Waals surface area contributed by atoms with Crippen LogP contribution in [0.25, 0.3) is 10.9 Å². The van der Waals surface area contributed by atoms with Crippen LogP contribution in [0, 0.1) is 5.41 Å². The Kier molecular flexibility index (Phi) is 8.44. The summed E-state index contributed by atoms with van der Waals surface area (Å²) >= 11 is 0. The smallest absolute Gasteiger partial charge is 0.350 e. The number of carbonyl (C=O) groups excluding carboxylic acids is 1. The third-order valence-corrected chi connectivity index (χ3v) is 4.67. The van der Waals surface area contributed by atoms with Gasteiger partial charge in [-0.25, -0.2) is 4.39 Å². The lowest BCUT2D eigenvalue weighted by atomic mass is 10.1. The van der Waals surface area contributed by atoms with Gasteiger partial charge in [0.15, 0.2) is 0 Å². The lowest BCUT2D eigenvalue weighted by Crippen LogP contribution is -2.32. The number of aliphatic imine (C=N–C) groups is 1. The molecular formula is C24H21F4N7O. The van der Waals surface area contributed by atoms with Crippen LogP contribution in [0.5, 0.6) is 0 Å². The molecule has 1 atom stereocenters. The third kappa shape index (κ3) is 6.95. The van der Waals surface area contributed by atoms with Crippen molar-refractivity contribution in [2.75, 3.05) is 5.32 Å². The standard InChI is InChI=1S/C24H21F4N7O/c1-15-5-3-10-32-33-13-16(25)11-17(14-31-15)34-23(36)19(12-29)22(24(26,27)28)35-21-8-2-7-20-18(21)6-4-9-30-20/h2-15,29,33,35H,1H3,(H,34,36)/b5-3-,16-13-,17-11+,22-19+,29-12?,31-14-,32-10-. The fourth-order valence-electron chi connectivity index (χ4n) is 3.03. The molecule has 3 rings (SSSR count). The Morgan fingerprint density at radius 3 is 2.75 bits per heavy atom. The molecular weight excluding hydrogens is 478 g/mol. The number of rotatable bonds is 5. The van der Waals surface area contributed by atoms with E-state index in [9.17, 15) is 22.4 Å². The normalized spacial score (nSPS) is 22.6. The molecule has 8 nitrogen and oxygen atoms in total. The van der Waals surface area contributed by atoms with Gasteiger partial charge in [-0.05, 0) is 37.3 Å². The van der Waals surface area contributed by atoms with Crippen LogP contribution in [0.15, 0.2) is 93.8 Å². The maximum atomic E-state index is 14.2. The SMILES string of the molecule is CC1/C=C\C=N/N/C=C(F)/C=C(NC(=O)/C(C=N)=C(/Nc2cccc3ncccc23)C(F)(F)F)\C=N/1. The van der Waals surface area contributed by atoms with Gasteiger partial charge in [0.2, 0.25) is 0 Å². The lowest BCUT2D eigenvalue weighted by molar-refractivity contribution is -0.117. The molecule has 0 fully saturated rings. The first-order chi connectivity index (χ1) is 17.2.